The van der Waals surface area contributed by atoms with Gasteiger partial charge in [0.15, 0.2) is 0 Å². The van der Waals surface area contributed by atoms with E-state index in [1.165, 1.54) is 19.2 Å². The summed E-state index contributed by atoms with van der Waals surface area (Å²) >= 11 is 0. The molecule has 0 aromatic heterocycles. The average Bonchev–Trinajstić information content (AvgIpc) is 2.47. The molecule has 0 saturated carbocycles. The minimum atomic E-state index is -0.473. The van der Waals surface area contributed by atoms with E-state index in [2.05, 4.69) is 5.32 Å². The fourth-order valence-corrected chi connectivity index (χ4v) is 1.78. The summed E-state index contributed by atoms with van der Waals surface area (Å²) in [6, 6.07) is 11.2. The number of nitrogens with one attached hydrogen (secondary N) is 1. The molecular formula is C15H13FN2O2. The minimum absolute atomic E-state index is 0.250. The molecule has 0 bridgehead atoms. The van der Waals surface area contributed by atoms with Crippen molar-refractivity contribution >= 4 is 11.4 Å². The molecule has 4 nitrogen and oxygen atoms in total. The van der Waals surface area contributed by atoms with Crippen LogP contribution in [0.4, 0.5) is 15.8 Å². The van der Waals surface area contributed by atoms with Gasteiger partial charge in [-0.05, 0) is 30.3 Å². The van der Waals surface area contributed by atoms with E-state index in [-0.39, 0.29) is 5.56 Å². The highest BCUT2D eigenvalue weighted by Gasteiger charge is 2.07. The maximum absolute atomic E-state index is 13.4. The van der Waals surface area contributed by atoms with Crippen molar-refractivity contribution in [1.82, 2.24) is 0 Å². The predicted molar refractivity (Wildman–Crippen MR) is 73.9 cm³/mol. The van der Waals surface area contributed by atoms with E-state index in [0.29, 0.717) is 22.9 Å². The number of nitrogens with zero attached hydrogens (tertiary/aromatic N) is 1. The van der Waals surface area contributed by atoms with Crippen LogP contribution in [0.15, 0.2) is 36.4 Å². The third-order valence-electron chi connectivity index (χ3n) is 2.71. The molecule has 2 aromatic carbocycles. The molecule has 0 spiro atoms. The van der Waals surface area contributed by atoms with Crippen LogP contribution in [0.25, 0.3) is 0 Å². The van der Waals surface area contributed by atoms with Crippen molar-refractivity contribution < 1.29 is 13.9 Å². The van der Waals surface area contributed by atoms with Gasteiger partial charge in [0, 0.05) is 11.8 Å². The lowest BCUT2D eigenvalue weighted by molar-refractivity contribution is 0.395. The molecule has 5 heteroatoms. The largest absolute Gasteiger partial charge is 0.497 e. The third-order valence-corrected chi connectivity index (χ3v) is 2.71. The standard InChI is InChI=1S/C15H13FN2O2/c1-19-13-3-4-14(15(8-13)20-2)18-12-6-10(9-17)5-11(16)7-12/h3-8,18H,1-2H3. The van der Waals surface area contributed by atoms with Crippen molar-refractivity contribution in [3.63, 3.8) is 0 Å². The van der Waals surface area contributed by atoms with E-state index in [0.717, 1.165) is 0 Å². The van der Waals surface area contributed by atoms with Gasteiger partial charge in [0.1, 0.15) is 17.3 Å². The zero-order valence-electron chi connectivity index (χ0n) is 11.1. The Balaban J connectivity index is 2.35. The summed E-state index contributed by atoms with van der Waals surface area (Å²) in [4.78, 5) is 0. The molecule has 0 aliphatic carbocycles. The Morgan fingerprint density at radius 1 is 1.10 bits per heavy atom. The second-order valence-corrected chi connectivity index (χ2v) is 4.03. The summed E-state index contributed by atoms with van der Waals surface area (Å²) in [6.07, 6.45) is 0. The number of ether oxygens (including phenoxy) is 2. The number of benzene rings is 2. The maximum atomic E-state index is 13.4. The van der Waals surface area contributed by atoms with Gasteiger partial charge in [0.05, 0.1) is 31.5 Å². The van der Waals surface area contributed by atoms with E-state index in [9.17, 15) is 4.39 Å². The third kappa shape index (κ3) is 2.98. The lowest BCUT2D eigenvalue weighted by atomic mass is 10.2. The summed E-state index contributed by atoms with van der Waals surface area (Å²) < 4.78 is 23.7. The number of hydrogen-bond donors (Lipinski definition) is 1. The molecule has 102 valence electrons. The van der Waals surface area contributed by atoms with Gasteiger partial charge in [-0.25, -0.2) is 4.39 Å². The van der Waals surface area contributed by atoms with Gasteiger partial charge in [-0.3, -0.25) is 0 Å². The number of anilines is 2. The fraction of sp³-hybridized carbons (Fsp3) is 0.133. The van der Waals surface area contributed by atoms with Crippen molar-refractivity contribution in [2.45, 2.75) is 0 Å². The molecule has 0 fully saturated rings. The van der Waals surface area contributed by atoms with Crippen LogP contribution in [0.3, 0.4) is 0 Å². The molecular weight excluding hydrogens is 259 g/mol. The fourth-order valence-electron chi connectivity index (χ4n) is 1.78. The predicted octanol–water partition coefficient (Wildman–Crippen LogP) is 3.46. The monoisotopic (exact) mass is 272 g/mol. The molecule has 0 amide bonds. The van der Waals surface area contributed by atoms with Gasteiger partial charge in [0.25, 0.3) is 0 Å². The summed E-state index contributed by atoms with van der Waals surface area (Å²) in [7, 11) is 3.10. The Labute approximate surface area is 116 Å². The number of methoxy groups -OCH3 is 2. The molecule has 2 rings (SSSR count). The first kappa shape index (κ1) is 13.7. The molecule has 0 heterocycles. The van der Waals surface area contributed by atoms with E-state index in [1.807, 2.05) is 6.07 Å². The Hall–Kier alpha value is -2.74. The number of halogens is 1. The lowest BCUT2D eigenvalue weighted by Crippen LogP contribution is -1.96. The SMILES string of the molecule is COc1ccc(Nc2cc(F)cc(C#N)c2)c(OC)c1. The van der Waals surface area contributed by atoms with Crippen molar-refractivity contribution in [3.05, 3.63) is 47.8 Å². The number of hydrogen-bond acceptors (Lipinski definition) is 4. The first-order valence-electron chi connectivity index (χ1n) is 5.86. The highest BCUT2D eigenvalue weighted by molar-refractivity contribution is 5.68. The molecule has 1 N–H and O–H groups in total. The van der Waals surface area contributed by atoms with Crippen molar-refractivity contribution in [1.29, 1.82) is 5.26 Å². The van der Waals surface area contributed by atoms with Crippen LogP contribution in [0.5, 0.6) is 11.5 Å². The summed E-state index contributed by atoms with van der Waals surface area (Å²) in [5, 5.41) is 11.9. The van der Waals surface area contributed by atoms with Crippen molar-refractivity contribution in [2.24, 2.45) is 0 Å². The number of nitriles is 1. The summed E-state index contributed by atoms with van der Waals surface area (Å²) in [5.41, 5.74) is 1.38. The lowest BCUT2D eigenvalue weighted by Gasteiger charge is -2.12. The van der Waals surface area contributed by atoms with Gasteiger partial charge >= 0.3 is 0 Å². The van der Waals surface area contributed by atoms with Crippen LogP contribution in [0.1, 0.15) is 5.56 Å². The van der Waals surface area contributed by atoms with Crippen molar-refractivity contribution in [3.8, 4) is 17.6 Å². The Bertz CT molecular complexity index is 665. The van der Waals surface area contributed by atoms with Crippen LogP contribution in [0.2, 0.25) is 0 Å². The Morgan fingerprint density at radius 2 is 1.90 bits per heavy atom. The molecule has 0 aliphatic rings. The zero-order chi connectivity index (χ0) is 14.5. The summed E-state index contributed by atoms with van der Waals surface area (Å²) in [5.74, 6) is 0.746. The van der Waals surface area contributed by atoms with Crippen LogP contribution < -0.4 is 14.8 Å². The van der Waals surface area contributed by atoms with E-state index >= 15 is 0 Å². The van der Waals surface area contributed by atoms with Crippen LogP contribution in [-0.4, -0.2) is 14.2 Å². The quantitative estimate of drug-likeness (QED) is 0.926. The van der Waals surface area contributed by atoms with Gasteiger partial charge < -0.3 is 14.8 Å². The smallest absolute Gasteiger partial charge is 0.145 e. The number of rotatable bonds is 4. The molecule has 2 aromatic rings. The van der Waals surface area contributed by atoms with E-state index < -0.39 is 5.82 Å². The summed E-state index contributed by atoms with van der Waals surface area (Å²) in [6.45, 7) is 0. The average molecular weight is 272 g/mol. The topological polar surface area (TPSA) is 54.3 Å². The highest BCUT2D eigenvalue weighted by atomic mass is 19.1. The van der Waals surface area contributed by atoms with Crippen molar-refractivity contribution in [2.75, 3.05) is 19.5 Å². The van der Waals surface area contributed by atoms with Crippen LogP contribution >= 0.6 is 0 Å². The second-order valence-electron chi connectivity index (χ2n) is 4.03. The first-order chi connectivity index (χ1) is 9.66. The molecule has 0 atom stereocenters. The molecule has 0 saturated heterocycles. The first-order valence-corrected chi connectivity index (χ1v) is 5.86. The van der Waals surface area contributed by atoms with Gasteiger partial charge in [-0.1, -0.05) is 0 Å². The minimum Gasteiger partial charge on any atom is -0.497 e. The molecule has 0 unspecified atom stereocenters. The van der Waals surface area contributed by atoms with Gasteiger partial charge in [-0.15, -0.1) is 0 Å². The molecule has 0 aliphatic heterocycles. The Morgan fingerprint density at radius 3 is 2.55 bits per heavy atom. The maximum Gasteiger partial charge on any atom is 0.145 e. The second kappa shape index (κ2) is 5.93. The Kier molecular flexibility index (Phi) is 4.06. The molecule has 20 heavy (non-hydrogen) atoms. The highest BCUT2D eigenvalue weighted by Crippen LogP contribution is 2.31. The van der Waals surface area contributed by atoms with Gasteiger partial charge in [-0.2, -0.15) is 5.26 Å². The van der Waals surface area contributed by atoms with Gasteiger partial charge in [0.2, 0.25) is 0 Å². The zero-order valence-corrected chi connectivity index (χ0v) is 11.1. The normalized spacial score (nSPS) is 9.70. The van der Waals surface area contributed by atoms with E-state index in [4.69, 9.17) is 14.7 Å². The van der Waals surface area contributed by atoms with Crippen LogP contribution in [-0.2, 0) is 0 Å². The molecule has 0 radical (unpaired) electrons. The van der Waals surface area contributed by atoms with E-state index in [1.54, 1.807) is 31.4 Å². The van der Waals surface area contributed by atoms with Crippen LogP contribution in [0, 0.1) is 17.1 Å².